The van der Waals surface area contributed by atoms with E-state index in [9.17, 15) is 25.1 Å². The second kappa shape index (κ2) is 30.9. The molecule has 513 valence electrons. The third kappa shape index (κ3) is 20.1. The number of nitriles is 1. The number of nitrogens with zero attached hydrogens (tertiary/aromatic N) is 5. The number of phenols is 2. The van der Waals surface area contributed by atoms with Crippen LogP contribution in [0, 0.1) is 16.7 Å². The molecule has 4 amide bonds. The molecule has 2 heterocycles. The Labute approximate surface area is 597 Å². The van der Waals surface area contributed by atoms with Crippen molar-refractivity contribution < 1.29 is 36.6 Å². The second-order valence-corrected chi connectivity index (χ2v) is 33.8. The Morgan fingerprint density at radius 1 is 0.568 bits per heavy atom. The van der Waals surface area contributed by atoms with Gasteiger partial charge in [-0.1, -0.05) is 218 Å². The number of rotatable bonds is 15. The summed E-state index contributed by atoms with van der Waals surface area (Å²) in [6, 6.07) is 47.1. The zero-order chi connectivity index (χ0) is 70.4. The van der Waals surface area contributed by atoms with E-state index in [4.69, 9.17) is 9.98 Å². The number of carbonyl (C=O) groups is 2. The van der Waals surface area contributed by atoms with Crippen LogP contribution in [0.4, 0.5) is 9.59 Å². The van der Waals surface area contributed by atoms with Gasteiger partial charge >= 0.3 is 12.1 Å². The van der Waals surface area contributed by atoms with Crippen LogP contribution in [0.1, 0.15) is 239 Å². The van der Waals surface area contributed by atoms with Gasteiger partial charge in [-0.2, -0.15) is 5.26 Å². The number of nitrogens with one attached hydrogen (secondary N) is 2. The van der Waals surface area contributed by atoms with Crippen molar-refractivity contribution in [1.82, 2.24) is 20.4 Å². The molecule has 4 atom stereocenters. The Balaban J connectivity index is 0.000000264. The van der Waals surface area contributed by atoms with Crippen molar-refractivity contribution in [3.05, 3.63) is 210 Å². The molecule has 0 aliphatic carbocycles. The van der Waals surface area contributed by atoms with Gasteiger partial charge in [-0.05, 0) is 179 Å². The normalized spacial score (nSPS) is 18.1. The molecule has 2 aliphatic heterocycles. The van der Waals surface area contributed by atoms with Crippen LogP contribution >= 0.6 is 31.9 Å². The molecule has 2 saturated heterocycles. The molecule has 0 aromatic heterocycles. The van der Waals surface area contributed by atoms with Gasteiger partial charge in [0.25, 0.3) is 0 Å². The Morgan fingerprint density at radius 3 is 1.22 bits per heavy atom. The number of aromatic hydroxyl groups is 2. The topological polar surface area (TPSA) is 154 Å². The van der Waals surface area contributed by atoms with Crippen molar-refractivity contribution in [1.29, 1.82) is 5.26 Å². The Kier molecular flexibility index (Phi) is 25.8. The zero-order valence-electron chi connectivity index (χ0n) is 60.5. The van der Waals surface area contributed by atoms with Crippen LogP contribution in [0.2, 0.25) is 0 Å². The van der Waals surface area contributed by atoms with Gasteiger partial charge in [-0.25, -0.2) is 9.59 Å². The summed E-state index contributed by atoms with van der Waals surface area (Å²) in [6.07, 6.45) is 6.54. The van der Waals surface area contributed by atoms with Crippen LogP contribution in [0.15, 0.2) is 165 Å². The van der Waals surface area contributed by atoms with Gasteiger partial charge in [-0.3, -0.25) is 9.98 Å². The van der Waals surface area contributed by atoms with Gasteiger partial charge in [0.15, 0.2) is 0 Å². The smallest absolute Gasteiger partial charge is 0.318 e. The van der Waals surface area contributed by atoms with Gasteiger partial charge in [0.05, 0.1) is 45.7 Å². The summed E-state index contributed by atoms with van der Waals surface area (Å²) in [5.41, 5.74) is 7.92. The summed E-state index contributed by atoms with van der Waals surface area (Å²) in [7, 11) is 0. The fourth-order valence-electron chi connectivity index (χ4n) is 12.1. The van der Waals surface area contributed by atoms with Gasteiger partial charge in [0.1, 0.15) is 11.5 Å². The number of aliphatic imine (C=N–C) groups is 2. The molecule has 4 N–H and O–H groups in total. The van der Waals surface area contributed by atoms with Gasteiger partial charge in [0, 0.05) is 73.5 Å². The van der Waals surface area contributed by atoms with Crippen molar-refractivity contribution in [2.24, 2.45) is 15.4 Å². The minimum Gasteiger partial charge on any atom is -0.507 e. The third-order valence-corrected chi connectivity index (χ3v) is 19.9. The number of carbonyl (C=O) groups excluding carboxylic acids is 2. The van der Waals surface area contributed by atoms with Crippen LogP contribution < -0.4 is 10.6 Å². The van der Waals surface area contributed by atoms with E-state index < -0.39 is 22.0 Å². The number of benzene rings is 6. The molecule has 2 fully saturated rings. The molecule has 11 nitrogen and oxygen atoms in total. The summed E-state index contributed by atoms with van der Waals surface area (Å²) in [6.45, 7) is 49.5. The molecule has 0 bridgehead atoms. The summed E-state index contributed by atoms with van der Waals surface area (Å²) in [4.78, 5) is 40.0. The Hall–Kier alpha value is -6.50. The van der Waals surface area contributed by atoms with E-state index in [0.29, 0.717) is 19.5 Å². The van der Waals surface area contributed by atoms with Crippen molar-refractivity contribution >= 4 is 56.4 Å². The van der Waals surface area contributed by atoms with Crippen molar-refractivity contribution in [2.75, 3.05) is 13.1 Å². The first-order valence-corrected chi connectivity index (χ1v) is 34.7. The van der Waals surface area contributed by atoms with E-state index in [0.717, 1.165) is 89.4 Å². The van der Waals surface area contributed by atoms with E-state index in [-0.39, 0.29) is 79.6 Å². The van der Waals surface area contributed by atoms with E-state index in [1.54, 1.807) is 12.4 Å². The SMILES string of the molecule is C=C(C)C[C@]1(c2ccccc2)CCN([C@@H](C)c2ccc(Br)cc2)C(=O)N1.CC(C)(C)c1cc(C=NC(C)(C)C(C)(C)N=Cc2cc(C(C)(C)C)cc(C(C)(C)C)c2O)c(O)c(C(C)(C)C)c1.C[C@@H](c1ccc(Br)cc1)N1CC[C@](CC(C)(C)C#N)(c2ccccc2)NC1=O.[Co]. The standard InChI is InChI=1S/C36H56N2O2.C23H26BrN3O.C22H25BrN2O.Co/c1-31(2,3)25-17-23(29(39)27(19-25)33(7,8)9)21-37-35(13,14)36(15,16)38-22-24-18-26(32(4,5)6)20-28(30(24)40)34(10,11)12;1-17(18-9-11-20(24)12-10-18)27-14-13-23(26-21(27)28,15-22(2,3)16-25)19-7-5-4-6-8-19;1-16(2)15-22(19-7-5-4-6-8-19)13-14-25(21(26)24-22)17(3)18-9-11-20(23)12-10-18;/h17-22,39-40H,1-16H3;4-12,17H,13-15H2,1-3H3,(H,26,28);4-12,17H,1,13-15H2,2-3H3,(H,24,26);/t;17-,23-;17-,22-;/m.00./s1. The molecule has 2 aliphatic rings. The van der Waals surface area contributed by atoms with Crippen LogP contribution in [0.5, 0.6) is 11.5 Å². The summed E-state index contributed by atoms with van der Waals surface area (Å²) in [5, 5.41) is 38.6. The molecular formula is C81H107Br2CoN7O4. The average molecular weight is 1460 g/mol. The molecule has 0 unspecified atom stereocenters. The van der Waals surface area contributed by atoms with Crippen molar-refractivity contribution in [3.63, 3.8) is 0 Å². The predicted molar refractivity (Wildman–Crippen MR) is 399 cm³/mol. The monoisotopic (exact) mass is 1460 g/mol. The largest absolute Gasteiger partial charge is 0.507 e. The summed E-state index contributed by atoms with van der Waals surface area (Å²) < 4.78 is 2.06. The molecule has 1 radical (unpaired) electrons. The molecule has 6 aromatic rings. The van der Waals surface area contributed by atoms with E-state index in [1.807, 2.05) is 128 Å². The van der Waals surface area contributed by atoms with Gasteiger partial charge < -0.3 is 30.6 Å². The van der Waals surface area contributed by atoms with Gasteiger partial charge in [-0.15, -0.1) is 6.58 Å². The number of amides is 4. The maximum atomic E-state index is 13.2. The van der Waals surface area contributed by atoms with E-state index >= 15 is 0 Å². The van der Waals surface area contributed by atoms with Crippen LogP contribution in [0.3, 0.4) is 0 Å². The zero-order valence-corrected chi connectivity index (χ0v) is 64.7. The fourth-order valence-corrected chi connectivity index (χ4v) is 12.6. The number of urea groups is 2. The quantitative estimate of drug-likeness (QED) is 0.0596. The molecule has 14 heteroatoms. The number of hydrogen-bond donors (Lipinski definition) is 4. The predicted octanol–water partition coefficient (Wildman–Crippen LogP) is 20.9. The number of hydrogen-bond acceptors (Lipinski definition) is 7. The van der Waals surface area contributed by atoms with Gasteiger partial charge in [0.2, 0.25) is 0 Å². The Morgan fingerprint density at radius 2 is 0.905 bits per heavy atom. The molecule has 0 spiro atoms. The van der Waals surface area contributed by atoms with E-state index in [1.165, 1.54) is 0 Å². The fraction of sp³-hybridized carbons (Fsp3) is 0.469. The summed E-state index contributed by atoms with van der Waals surface area (Å²) in [5.74, 6) is 0.556. The van der Waals surface area contributed by atoms with Crippen molar-refractivity contribution in [3.8, 4) is 17.6 Å². The molecule has 8 rings (SSSR count). The minimum atomic E-state index is -0.598. The minimum absolute atomic E-state index is 0. The third-order valence-electron chi connectivity index (χ3n) is 18.9. The molecule has 95 heavy (non-hydrogen) atoms. The van der Waals surface area contributed by atoms with Crippen LogP contribution in [0.25, 0.3) is 0 Å². The van der Waals surface area contributed by atoms with Crippen LogP contribution in [-0.2, 0) is 49.5 Å². The first-order valence-electron chi connectivity index (χ1n) is 33.1. The van der Waals surface area contributed by atoms with Crippen LogP contribution in [-0.4, -0.2) is 68.7 Å². The second-order valence-electron chi connectivity index (χ2n) is 32.0. The first kappa shape index (κ1) is 79.2. The molecular weight excluding hydrogens is 1350 g/mol. The maximum absolute atomic E-state index is 13.2. The molecule has 0 saturated carbocycles. The van der Waals surface area contributed by atoms with Crippen molar-refractivity contribution in [2.45, 2.75) is 227 Å². The first-order chi connectivity index (χ1) is 43.4. The Bertz CT molecular complexity index is 3620. The average Bonchev–Trinajstić information content (AvgIpc) is 0.787. The van der Waals surface area contributed by atoms with E-state index in [2.05, 4.69) is 216 Å². The molecule has 6 aromatic carbocycles. The summed E-state index contributed by atoms with van der Waals surface area (Å²) >= 11 is 6.92. The number of halogens is 2. The number of phenolic OH excluding ortho intramolecular Hbond substituents is 2. The maximum Gasteiger partial charge on any atom is 0.318 e.